The molecule has 2 nitrogen and oxygen atoms in total. The first kappa shape index (κ1) is 17.8. The molecule has 0 atom stereocenters. The summed E-state index contributed by atoms with van der Waals surface area (Å²) < 4.78 is 0. The zero-order valence-corrected chi connectivity index (χ0v) is 16.3. The van der Waals surface area contributed by atoms with Crippen LogP contribution in [0, 0.1) is 13.8 Å². The molecule has 1 aliphatic carbocycles. The molecule has 1 heterocycles. The van der Waals surface area contributed by atoms with Gasteiger partial charge in [0.1, 0.15) is 0 Å². The van der Waals surface area contributed by atoms with Gasteiger partial charge in [0, 0.05) is 29.9 Å². The first-order chi connectivity index (χ1) is 13.1. The molecular formula is C25H27NO. The van der Waals surface area contributed by atoms with Gasteiger partial charge in [-0.2, -0.15) is 0 Å². The number of likely N-dealkylation sites (tertiary alicyclic amines) is 1. The molecule has 0 saturated carbocycles. The second kappa shape index (κ2) is 7.56. The van der Waals surface area contributed by atoms with E-state index in [0.29, 0.717) is 0 Å². The fraction of sp³-hybridized carbons (Fsp3) is 0.320. The third-order valence-corrected chi connectivity index (χ3v) is 5.79. The molecule has 2 aliphatic rings. The third kappa shape index (κ3) is 3.62. The van der Waals surface area contributed by atoms with E-state index in [-0.39, 0.29) is 5.78 Å². The molecule has 0 spiro atoms. The summed E-state index contributed by atoms with van der Waals surface area (Å²) >= 11 is 0. The van der Waals surface area contributed by atoms with Crippen molar-refractivity contribution in [1.29, 1.82) is 0 Å². The van der Waals surface area contributed by atoms with E-state index in [1.54, 1.807) is 6.08 Å². The first-order valence-electron chi connectivity index (χ1n) is 9.99. The quantitative estimate of drug-likeness (QED) is 0.532. The van der Waals surface area contributed by atoms with Gasteiger partial charge < -0.3 is 4.90 Å². The van der Waals surface area contributed by atoms with Gasteiger partial charge in [0.25, 0.3) is 0 Å². The Labute approximate surface area is 162 Å². The summed E-state index contributed by atoms with van der Waals surface area (Å²) in [6, 6.07) is 14.7. The van der Waals surface area contributed by atoms with Crippen LogP contribution in [0.25, 0.3) is 5.57 Å². The van der Waals surface area contributed by atoms with E-state index in [2.05, 4.69) is 48.2 Å². The van der Waals surface area contributed by atoms with Gasteiger partial charge in [-0.1, -0.05) is 48.0 Å². The fourth-order valence-corrected chi connectivity index (χ4v) is 4.38. The Hall–Kier alpha value is -2.61. The van der Waals surface area contributed by atoms with E-state index in [9.17, 15) is 4.79 Å². The lowest BCUT2D eigenvalue weighted by Gasteiger charge is -2.29. The maximum atomic E-state index is 12.8. The third-order valence-electron chi connectivity index (χ3n) is 5.79. The molecule has 1 fully saturated rings. The van der Waals surface area contributed by atoms with E-state index in [1.165, 1.54) is 40.8 Å². The molecule has 2 aromatic carbocycles. The Kier molecular flexibility index (Phi) is 4.98. The van der Waals surface area contributed by atoms with Crippen molar-refractivity contribution in [3.05, 3.63) is 88.1 Å². The van der Waals surface area contributed by atoms with E-state index < -0.39 is 0 Å². The number of aryl methyl sites for hydroxylation is 3. The monoisotopic (exact) mass is 357 g/mol. The Morgan fingerprint density at radius 2 is 1.78 bits per heavy atom. The van der Waals surface area contributed by atoms with Crippen LogP contribution in [0.4, 0.5) is 0 Å². The minimum atomic E-state index is 0.0869. The lowest BCUT2D eigenvalue weighted by Crippen LogP contribution is -2.22. The van der Waals surface area contributed by atoms with Crippen LogP contribution < -0.4 is 0 Å². The summed E-state index contributed by atoms with van der Waals surface area (Å²) in [4.78, 5) is 15.4. The number of hydrogen-bond donors (Lipinski definition) is 0. The molecule has 1 saturated heterocycles. The minimum Gasteiger partial charge on any atom is -0.374 e. The van der Waals surface area contributed by atoms with Crippen molar-refractivity contribution in [3.63, 3.8) is 0 Å². The standard InChI is InChI=1S/C25H27NO/c1-18-9-11-21(19(2)17-18)25(27)14-12-23-22-8-4-3-7-20(22)10-13-24(23)26-15-5-6-16-26/h3-4,7-9,11-12,14,17H,5-6,10,13,15-16H2,1-2H3. The highest BCUT2D eigenvalue weighted by atomic mass is 16.1. The van der Waals surface area contributed by atoms with Crippen LogP contribution in [-0.2, 0) is 6.42 Å². The fourth-order valence-electron chi connectivity index (χ4n) is 4.38. The number of rotatable bonds is 4. The number of hydrogen-bond acceptors (Lipinski definition) is 2. The Morgan fingerprint density at radius 3 is 2.56 bits per heavy atom. The van der Waals surface area contributed by atoms with E-state index >= 15 is 0 Å². The number of fused-ring (bicyclic) bond motifs is 1. The van der Waals surface area contributed by atoms with Gasteiger partial charge in [-0.25, -0.2) is 0 Å². The molecule has 0 radical (unpaired) electrons. The lowest BCUT2D eigenvalue weighted by atomic mass is 9.87. The molecule has 0 unspecified atom stereocenters. The van der Waals surface area contributed by atoms with Crippen LogP contribution in [0.1, 0.15) is 51.9 Å². The van der Waals surface area contributed by atoms with Crippen molar-refractivity contribution < 1.29 is 4.79 Å². The minimum absolute atomic E-state index is 0.0869. The number of carbonyl (C=O) groups excluding carboxylic acids is 1. The number of benzene rings is 2. The Morgan fingerprint density at radius 1 is 1.00 bits per heavy atom. The maximum Gasteiger partial charge on any atom is 0.186 e. The predicted octanol–water partition coefficient (Wildman–Crippen LogP) is 5.50. The van der Waals surface area contributed by atoms with Gasteiger partial charge in [0.15, 0.2) is 5.78 Å². The molecular weight excluding hydrogens is 330 g/mol. The summed E-state index contributed by atoms with van der Waals surface area (Å²) in [5, 5.41) is 0. The smallest absolute Gasteiger partial charge is 0.186 e. The maximum absolute atomic E-state index is 12.8. The summed E-state index contributed by atoms with van der Waals surface area (Å²) in [6.07, 6.45) is 8.52. The molecule has 1 aliphatic heterocycles. The highest BCUT2D eigenvalue weighted by Crippen LogP contribution is 2.35. The van der Waals surface area contributed by atoms with Crippen molar-refractivity contribution in [2.75, 3.05) is 13.1 Å². The average molecular weight is 357 g/mol. The van der Waals surface area contributed by atoms with Gasteiger partial charge >= 0.3 is 0 Å². The molecule has 0 N–H and O–H groups in total. The number of ketones is 1. The topological polar surface area (TPSA) is 20.3 Å². The van der Waals surface area contributed by atoms with Crippen LogP contribution >= 0.6 is 0 Å². The number of carbonyl (C=O) groups is 1. The molecule has 2 aromatic rings. The number of nitrogens with zero attached hydrogens (tertiary/aromatic N) is 1. The molecule has 0 amide bonds. The molecule has 4 rings (SSSR count). The van der Waals surface area contributed by atoms with E-state index in [4.69, 9.17) is 0 Å². The summed E-state index contributed by atoms with van der Waals surface area (Å²) in [5.41, 5.74) is 8.35. The highest BCUT2D eigenvalue weighted by molar-refractivity contribution is 6.07. The summed E-state index contributed by atoms with van der Waals surface area (Å²) in [6.45, 7) is 6.35. The zero-order chi connectivity index (χ0) is 18.8. The van der Waals surface area contributed by atoms with Crippen molar-refractivity contribution in [1.82, 2.24) is 4.90 Å². The molecule has 0 aromatic heterocycles. The van der Waals surface area contributed by atoms with Gasteiger partial charge in [-0.05, 0) is 68.4 Å². The Bertz CT molecular complexity index is 929. The van der Waals surface area contributed by atoms with Crippen LogP contribution in [0.3, 0.4) is 0 Å². The number of allylic oxidation sites excluding steroid dienone is 4. The average Bonchev–Trinajstić information content (AvgIpc) is 3.20. The van der Waals surface area contributed by atoms with Gasteiger partial charge in [-0.15, -0.1) is 0 Å². The largest absolute Gasteiger partial charge is 0.374 e. The van der Waals surface area contributed by atoms with Crippen molar-refractivity contribution >= 4 is 11.4 Å². The zero-order valence-electron chi connectivity index (χ0n) is 16.3. The lowest BCUT2D eigenvalue weighted by molar-refractivity contribution is 0.104. The normalized spacial score (nSPS) is 16.9. The molecule has 27 heavy (non-hydrogen) atoms. The van der Waals surface area contributed by atoms with Crippen LogP contribution in [0.2, 0.25) is 0 Å². The van der Waals surface area contributed by atoms with Crippen molar-refractivity contribution in [3.8, 4) is 0 Å². The van der Waals surface area contributed by atoms with Crippen LogP contribution in [0.15, 0.2) is 60.3 Å². The molecule has 0 bridgehead atoms. The molecule has 138 valence electrons. The van der Waals surface area contributed by atoms with Crippen molar-refractivity contribution in [2.24, 2.45) is 0 Å². The van der Waals surface area contributed by atoms with Gasteiger partial charge in [-0.3, -0.25) is 4.79 Å². The summed E-state index contributed by atoms with van der Waals surface area (Å²) in [7, 11) is 0. The Balaban J connectivity index is 1.71. The van der Waals surface area contributed by atoms with E-state index in [1.807, 2.05) is 19.1 Å². The van der Waals surface area contributed by atoms with E-state index in [0.717, 1.165) is 37.1 Å². The van der Waals surface area contributed by atoms with Gasteiger partial charge in [0.05, 0.1) is 0 Å². The molecule has 2 heteroatoms. The first-order valence-corrected chi connectivity index (χ1v) is 9.99. The SMILES string of the molecule is Cc1ccc(C(=O)C=CC2=C(N3CCCC3)CCc3ccccc32)c(C)c1. The van der Waals surface area contributed by atoms with Crippen LogP contribution in [0.5, 0.6) is 0 Å². The van der Waals surface area contributed by atoms with Crippen molar-refractivity contribution in [2.45, 2.75) is 39.5 Å². The second-order valence-electron chi connectivity index (χ2n) is 7.73. The highest BCUT2D eigenvalue weighted by Gasteiger charge is 2.23. The predicted molar refractivity (Wildman–Crippen MR) is 112 cm³/mol. The van der Waals surface area contributed by atoms with Crippen LogP contribution in [-0.4, -0.2) is 23.8 Å². The van der Waals surface area contributed by atoms with Gasteiger partial charge in [0.2, 0.25) is 0 Å². The summed E-state index contributed by atoms with van der Waals surface area (Å²) in [5.74, 6) is 0.0869. The second-order valence-corrected chi connectivity index (χ2v) is 7.73.